The van der Waals surface area contributed by atoms with E-state index in [4.69, 9.17) is 21.3 Å². The number of aliphatic hydroxyl groups is 1. The van der Waals surface area contributed by atoms with Gasteiger partial charge in [-0.25, -0.2) is 0 Å². The third-order valence-corrected chi connectivity index (χ3v) is 3.42. The van der Waals surface area contributed by atoms with Crippen LogP contribution in [0.3, 0.4) is 0 Å². The van der Waals surface area contributed by atoms with Crippen molar-refractivity contribution in [2.45, 2.75) is 12.5 Å². The molecule has 2 rings (SSSR count). The molecule has 0 bridgehead atoms. The summed E-state index contributed by atoms with van der Waals surface area (Å²) in [4.78, 5) is 23.6. The number of nitrogens with one attached hydrogen (secondary N) is 2. The second kappa shape index (κ2) is 8.15. The number of hydrogen-bond donors (Lipinski definition) is 3. The number of aliphatic hydroxyl groups excluding tert-OH is 1. The number of nitrogens with zero attached hydrogens (tertiary/aromatic N) is 1. The first-order valence-corrected chi connectivity index (χ1v) is 7.38. The topological polar surface area (TPSA) is 115 Å². The van der Waals surface area contributed by atoms with Gasteiger partial charge in [-0.2, -0.15) is 5.26 Å². The molecule has 8 heteroatoms. The molecular formula is C16H14ClN3O4. The molecule has 1 atom stereocenters. The second-order valence-electron chi connectivity index (χ2n) is 4.87. The van der Waals surface area contributed by atoms with Crippen LogP contribution in [0.1, 0.15) is 23.7 Å². The van der Waals surface area contributed by atoms with Crippen molar-refractivity contribution < 1.29 is 19.1 Å². The number of amides is 2. The Morgan fingerprint density at radius 3 is 2.79 bits per heavy atom. The molecule has 0 spiro atoms. The lowest BCUT2D eigenvalue weighted by Gasteiger charge is -2.10. The molecule has 2 aromatic rings. The molecule has 0 fully saturated rings. The lowest BCUT2D eigenvalue weighted by Crippen LogP contribution is -2.36. The van der Waals surface area contributed by atoms with Gasteiger partial charge in [-0.15, -0.1) is 0 Å². The Morgan fingerprint density at radius 2 is 2.12 bits per heavy atom. The van der Waals surface area contributed by atoms with Gasteiger partial charge in [-0.3, -0.25) is 9.59 Å². The molecule has 0 aliphatic heterocycles. The van der Waals surface area contributed by atoms with E-state index in [2.05, 4.69) is 10.6 Å². The van der Waals surface area contributed by atoms with E-state index in [0.29, 0.717) is 10.6 Å². The van der Waals surface area contributed by atoms with Gasteiger partial charge < -0.3 is 20.2 Å². The number of carbonyl (C=O) groups excluding carboxylic acids is 2. The zero-order chi connectivity index (χ0) is 17.5. The molecule has 2 amide bonds. The fourth-order valence-electron chi connectivity index (χ4n) is 1.93. The number of hydrogen-bond acceptors (Lipinski definition) is 5. The van der Waals surface area contributed by atoms with Crippen LogP contribution in [0.15, 0.2) is 41.2 Å². The summed E-state index contributed by atoms with van der Waals surface area (Å²) >= 11 is 5.81. The fraction of sp³-hybridized carbons (Fsp3) is 0.188. The number of rotatable bonds is 5. The molecule has 24 heavy (non-hydrogen) atoms. The average Bonchev–Trinajstić information content (AvgIpc) is 3.09. The van der Waals surface area contributed by atoms with Gasteiger partial charge in [0.15, 0.2) is 0 Å². The Labute approximate surface area is 142 Å². The predicted molar refractivity (Wildman–Crippen MR) is 86.1 cm³/mol. The maximum atomic E-state index is 11.8. The van der Waals surface area contributed by atoms with Gasteiger partial charge in [-0.05, 0) is 30.7 Å². The van der Waals surface area contributed by atoms with Crippen LogP contribution in [0.4, 0.5) is 5.69 Å². The number of halogens is 1. The van der Waals surface area contributed by atoms with Crippen LogP contribution in [0.5, 0.6) is 0 Å². The molecule has 1 heterocycles. The van der Waals surface area contributed by atoms with E-state index >= 15 is 0 Å². The van der Waals surface area contributed by atoms with Gasteiger partial charge in [0.2, 0.25) is 0 Å². The van der Waals surface area contributed by atoms with Crippen molar-refractivity contribution in [3.8, 4) is 6.07 Å². The summed E-state index contributed by atoms with van der Waals surface area (Å²) in [6.45, 7) is 0.0965. The zero-order valence-electron chi connectivity index (χ0n) is 12.5. The summed E-state index contributed by atoms with van der Waals surface area (Å²) in [6, 6.07) is 7.84. The largest absolute Gasteiger partial charge is 0.472 e. The minimum absolute atomic E-state index is 0.0965. The second-order valence-corrected chi connectivity index (χ2v) is 5.31. The van der Waals surface area contributed by atoms with Crippen LogP contribution in [-0.2, 0) is 9.59 Å². The molecule has 0 saturated heterocycles. The number of anilines is 1. The molecule has 0 saturated carbocycles. The Hall–Kier alpha value is -2.82. The van der Waals surface area contributed by atoms with Crippen molar-refractivity contribution in [2.24, 2.45) is 0 Å². The minimum Gasteiger partial charge on any atom is -0.472 e. The van der Waals surface area contributed by atoms with E-state index in [9.17, 15) is 14.7 Å². The quantitative estimate of drug-likeness (QED) is 0.715. The molecule has 0 aliphatic carbocycles. The maximum absolute atomic E-state index is 11.8. The van der Waals surface area contributed by atoms with Crippen LogP contribution >= 0.6 is 11.6 Å². The highest BCUT2D eigenvalue weighted by Gasteiger charge is 2.16. The first-order chi connectivity index (χ1) is 11.5. The number of benzene rings is 1. The fourth-order valence-corrected chi connectivity index (χ4v) is 2.10. The Bertz CT molecular complexity index is 768. The molecule has 3 N–H and O–H groups in total. The summed E-state index contributed by atoms with van der Waals surface area (Å²) in [5.41, 5.74) is 0.936. The molecule has 0 aliphatic rings. The summed E-state index contributed by atoms with van der Waals surface area (Å²) in [5.74, 6) is -1.80. The average molecular weight is 348 g/mol. The number of carbonyl (C=O) groups is 2. The van der Waals surface area contributed by atoms with Crippen molar-refractivity contribution in [1.29, 1.82) is 5.26 Å². The molecular weight excluding hydrogens is 334 g/mol. The van der Waals surface area contributed by atoms with Crippen molar-refractivity contribution in [2.75, 3.05) is 11.9 Å². The highest BCUT2D eigenvalue weighted by Crippen LogP contribution is 2.20. The van der Waals surface area contributed by atoms with Crippen LogP contribution < -0.4 is 10.6 Å². The van der Waals surface area contributed by atoms with Gasteiger partial charge in [-0.1, -0.05) is 11.6 Å². The van der Waals surface area contributed by atoms with Gasteiger partial charge in [0.1, 0.15) is 6.07 Å². The third kappa shape index (κ3) is 4.59. The van der Waals surface area contributed by atoms with Crippen molar-refractivity contribution in [3.63, 3.8) is 0 Å². The van der Waals surface area contributed by atoms with Gasteiger partial charge >= 0.3 is 11.8 Å². The smallest absolute Gasteiger partial charge is 0.313 e. The van der Waals surface area contributed by atoms with E-state index in [1.807, 2.05) is 6.07 Å². The Kier molecular flexibility index (Phi) is 5.95. The normalized spacial score (nSPS) is 11.4. The molecule has 7 nitrogen and oxygen atoms in total. The van der Waals surface area contributed by atoms with Crippen LogP contribution in [0, 0.1) is 11.3 Å². The minimum atomic E-state index is -0.924. The van der Waals surface area contributed by atoms with Crippen molar-refractivity contribution >= 4 is 29.1 Å². The van der Waals surface area contributed by atoms with E-state index in [1.54, 1.807) is 6.07 Å². The zero-order valence-corrected chi connectivity index (χ0v) is 13.2. The van der Waals surface area contributed by atoms with Crippen molar-refractivity contribution in [3.05, 3.63) is 52.9 Å². The van der Waals surface area contributed by atoms with Gasteiger partial charge in [0, 0.05) is 17.1 Å². The monoisotopic (exact) mass is 347 g/mol. The summed E-state index contributed by atoms with van der Waals surface area (Å²) < 4.78 is 4.85. The molecule has 124 valence electrons. The lowest BCUT2D eigenvalue weighted by atomic mass is 10.1. The van der Waals surface area contributed by atoms with Gasteiger partial charge in [0.25, 0.3) is 0 Å². The Balaban J connectivity index is 1.86. The van der Waals surface area contributed by atoms with Crippen LogP contribution in [-0.4, -0.2) is 23.5 Å². The number of furan rings is 1. The van der Waals surface area contributed by atoms with E-state index in [0.717, 1.165) is 0 Å². The summed E-state index contributed by atoms with van der Waals surface area (Å²) in [6.07, 6.45) is 2.26. The first-order valence-electron chi connectivity index (χ1n) is 7.00. The molecule has 0 unspecified atom stereocenters. The summed E-state index contributed by atoms with van der Waals surface area (Å²) in [7, 11) is 0. The molecule has 1 aromatic heterocycles. The molecule has 1 aromatic carbocycles. The van der Waals surface area contributed by atoms with Gasteiger partial charge in [0.05, 0.1) is 29.9 Å². The van der Waals surface area contributed by atoms with Crippen LogP contribution in [0.25, 0.3) is 0 Å². The molecule has 0 radical (unpaired) electrons. The van der Waals surface area contributed by atoms with E-state index in [1.165, 1.54) is 30.7 Å². The summed E-state index contributed by atoms with van der Waals surface area (Å²) in [5, 5.41) is 23.9. The predicted octanol–water partition coefficient (Wildman–Crippen LogP) is 1.98. The SMILES string of the molecule is N#Cc1ccc(Cl)cc1NC(=O)C(=O)NCC[C@H](O)c1ccoc1. The van der Waals surface area contributed by atoms with Crippen LogP contribution in [0.2, 0.25) is 5.02 Å². The maximum Gasteiger partial charge on any atom is 0.313 e. The van der Waals surface area contributed by atoms with E-state index < -0.39 is 17.9 Å². The van der Waals surface area contributed by atoms with E-state index in [-0.39, 0.29) is 24.2 Å². The Morgan fingerprint density at radius 1 is 1.33 bits per heavy atom. The standard InChI is InChI=1S/C16H14ClN3O4/c17-12-2-1-10(8-18)13(7-12)20-16(23)15(22)19-5-3-14(21)11-4-6-24-9-11/h1-2,4,6-7,9,14,21H,3,5H2,(H,19,22)(H,20,23)/t14-/m0/s1. The van der Waals surface area contributed by atoms with Crippen molar-refractivity contribution in [1.82, 2.24) is 5.32 Å². The first kappa shape index (κ1) is 17.5. The third-order valence-electron chi connectivity index (χ3n) is 3.19. The highest BCUT2D eigenvalue weighted by molar-refractivity contribution is 6.40. The lowest BCUT2D eigenvalue weighted by molar-refractivity contribution is -0.136. The highest BCUT2D eigenvalue weighted by atomic mass is 35.5. The number of nitriles is 1.